The number of aryl methyl sites for hydroxylation is 2. The van der Waals surface area contributed by atoms with Crippen LogP contribution in [-0.4, -0.2) is 27.0 Å². The minimum Gasteiger partial charge on any atom is -0.496 e. The molecular formula is C27H29N5O. The van der Waals surface area contributed by atoms with Gasteiger partial charge in [-0.2, -0.15) is 0 Å². The molecule has 2 aromatic carbocycles. The number of rotatable bonds is 8. The van der Waals surface area contributed by atoms with Crippen LogP contribution in [0.2, 0.25) is 0 Å². The average molecular weight is 440 g/mol. The maximum absolute atomic E-state index is 5.62. The third-order valence-electron chi connectivity index (χ3n) is 5.30. The fourth-order valence-corrected chi connectivity index (χ4v) is 3.67. The lowest BCUT2D eigenvalue weighted by Crippen LogP contribution is -2.03. The SMILES string of the molecule is COc1cc(Nc2ncc(-c3ccccc3)c(CCC=C(C)C)n2)ccc1-c1ncc(C)[nH]1. The van der Waals surface area contributed by atoms with E-state index in [0.29, 0.717) is 5.95 Å². The van der Waals surface area contributed by atoms with Gasteiger partial charge in [-0.3, -0.25) is 0 Å². The number of imidazole rings is 1. The van der Waals surface area contributed by atoms with E-state index in [1.807, 2.05) is 49.5 Å². The number of methoxy groups -OCH3 is 1. The van der Waals surface area contributed by atoms with Crippen molar-refractivity contribution in [3.8, 4) is 28.3 Å². The smallest absolute Gasteiger partial charge is 0.227 e. The Morgan fingerprint density at radius 3 is 2.55 bits per heavy atom. The van der Waals surface area contributed by atoms with Gasteiger partial charge in [0.25, 0.3) is 0 Å². The van der Waals surface area contributed by atoms with Crippen LogP contribution in [0.3, 0.4) is 0 Å². The normalized spacial score (nSPS) is 10.7. The fourth-order valence-electron chi connectivity index (χ4n) is 3.67. The first-order chi connectivity index (χ1) is 16.0. The Bertz CT molecular complexity index is 1260. The number of hydrogen-bond donors (Lipinski definition) is 2. The maximum Gasteiger partial charge on any atom is 0.227 e. The predicted octanol–water partition coefficient (Wildman–Crippen LogP) is 6.49. The highest BCUT2D eigenvalue weighted by atomic mass is 16.5. The number of nitrogens with one attached hydrogen (secondary N) is 2. The van der Waals surface area contributed by atoms with E-state index in [0.717, 1.165) is 58.2 Å². The summed E-state index contributed by atoms with van der Waals surface area (Å²) in [5, 5.41) is 3.33. The van der Waals surface area contributed by atoms with Crippen LogP contribution in [0.25, 0.3) is 22.5 Å². The Kier molecular flexibility index (Phi) is 6.83. The van der Waals surface area contributed by atoms with Crippen molar-refractivity contribution in [1.82, 2.24) is 19.9 Å². The van der Waals surface area contributed by atoms with E-state index in [-0.39, 0.29) is 0 Å². The van der Waals surface area contributed by atoms with Crippen molar-refractivity contribution in [3.63, 3.8) is 0 Å². The summed E-state index contributed by atoms with van der Waals surface area (Å²) >= 11 is 0. The molecule has 0 amide bonds. The molecule has 0 bridgehead atoms. The highest BCUT2D eigenvalue weighted by Gasteiger charge is 2.12. The van der Waals surface area contributed by atoms with Gasteiger partial charge in [-0.1, -0.05) is 42.0 Å². The number of aromatic amines is 1. The molecule has 6 heteroatoms. The molecule has 168 valence electrons. The van der Waals surface area contributed by atoms with E-state index in [9.17, 15) is 0 Å². The molecule has 2 N–H and O–H groups in total. The van der Waals surface area contributed by atoms with E-state index in [2.05, 4.69) is 52.3 Å². The largest absolute Gasteiger partial charge is 0.496 e. The summed E-state index contributed by atoms with van der Waals surface area (Å²) in [5.74, 6) is 2.06. The van der Waals surface area contributed by atoms with Crippen LogP contribution in [0.4, 0.5) is 11.6 Å². The molecule has 0 aliphatic carbocycles. The van der Waals surface area contributed by atoms with Crippen LogP contribution in [0, 0.1) is 6.92 Å². The summed E-state index contributed by atoms with van der Waals surface area (Å²) in [7, 11) is 1.66. The lowest BCUT2D eigenvalue weighted by atomic mass is 10.0. The summed E-state index contributed by atoms with van der Waals surface area (Å²) in [6.45, 7) is 6.21. The summed E-state index contributed by atoms with van der Waals surface area (Å²) in [6, 6.07) is 16.2. The molecule has 2 aromatic heterocycles. The number of benzene rings is 2. The van der Waals surface area contributed by atoms with Crippen molar-refractivity contribution in [2.24, 2.45) is 0 Å². The van der Waals surface area contributed by atoms with E-state index in [1.165, 1.54) is 5.57 Å². The number of ether oxygens (including phenoxy) is 1. The summed E-state index contributed by atoms with van der Waals surface area (Å²) in [4.78, 5) is 17.1. The Morgan fingerprint density at radius 2 is 1.85 bits per heavy atom. The topological polar surface area (TPSA) is 75.7 Å². The van der Waals surface area contributed by atoms with Crippen molar-refractivity contribution in [1.29, 1.82) is 0 Å². The fraction of sp³-hybridized carbons (Fsp3) is 0.222. The zero-order chi connectivity index (χ0) is 23.2. The van der Waals surface area contributed by atoms with Gasteiger partial charge < -0.3 is 15.0 Å². The molecule has 2 heterocycles. The van der Waals surface area contributed by atoms with Gasteiger partial charge in [0.05, 0.1) is 18.4 Å². The van der Waals surface area contributed by atoms with Crippen molar-refractivity contribution in [2.75, 3.05) is 12.4 Å². The zero-order valence-corrected chi connectivity index (χ0v) is 19.5. The van der Waals surface area contributed by atoms with Gasteiger partial charge in [0.2, 0.25) is 5.95 Å². The van der Waals surface area contributed by atoms with Crippen LogP contribution in [0.1, 0.15) is 31.7 Å². The number of aromatic nitrogens is 4. The maximum atomic E-state index is 5.62. The van der Waals surface area contributed by atoms with Gasteiger partial charge in [0.1, 0.15) is 11.6 Å². The highest BCUT2D eigenvalue weighted by molar-refractivity contribution is 5.71. The third-order valence-corrected chi connectivity index (χ3v) is 5.30. The molecule has 0 spiro atoms. The molecule has 0 saturated carbocycles. The highest BCUT2D eigenvalue weighted by Crippen LogP contribution is 2.32. The van der Waals surface area contributed by atoms with Gasteiger partial charge >= 0.3 is 0 Å². The second kappa shape index (κ2) is 10.1. The standard InChI is InChI=1S/C27H29N5O/c1-18(2)9-8-12-24-23(20-10-6-5-7-11-20)17-29-27(32-24)31-21-13-14-22(25(15-21)33-4)26-28-16-19(3)30-26/h5-7,9-11,13-17H,8,12H2,1-4H3,(H,28,30)(H,29,31,32). The number of allylic oxidation sites excluding steroid dienone is 2. The van der Waals surface area contributed by atoms with Crippen molar-refractivity contribution in [2.45, 2.75) is 33.6 Å². The molecule has 33 heavy (non-hydrogen) atoms. The molecule has 0 aliphatic heterocycles. The number of H-pyrrole nitrogens is 1. The van der Waals surface area contributed by atoms with Gasteiger partial charge in [0, 0.05) is 35.4 Å². The molecule has 0 atom stereocenters. The summed E-state index contributed by atoms with van der Waals surface area (Å²) in [6.07, 6.45) is 7.72. The van der Waals surface area contributed by atoms with E-state index in [4.69, 9.17) is 9.72 Å². The Labute approximate surface area is 194 Å². The summed E-state index contributed by atoms with van der Waals surface area (Å²) in [5.41, 5.74) is 7.26. The quantitative estimate of drug-likeness (QED) is 0.307. The monoisotopic (exact) mass is 439 g/mol. The van der Waals surface area contributed by atoms with Crippen LogP contribution < -0.4 is 10.1 Å². The van der Waals surface area contributed by atoms with Gasteiger partial charge in [0.15, 0.2) is 0 Å². The molecule has 0 radical (unpaired) electrons. The molecule has 6 nitrogen and oxygen atoms in total. The zero-order valence-electron chi connectivity index (χ0n) is 19.5. The van der Waals surface area contributed by atoms with Gasteiger partial charge in [-0.25, -0.2) is 15.0 Å². The van der Waals surface area contributed by atoms with Gasteiger partial charge in [-0.05, 0) is 51.3 Å². The number of hydrogen-bond acceptors (Lipinski definition) is 5. The molecule has 0 fully saturated rings. The Balaban J connectivity index is 1.63. The van der Waals surface area contributed by atoms with E-state index >= 15 is 0 Å². The molecule has 0 saturated heterocycles. The first-order valence-corrected chi connectivity index (χ1v) is 11.0. The van der Waals surface area contributed by atoms with Crippen molar-refractivity contribution < 1.29 is 4.74 Å². The van der Waals surface area contributed by atoms with Crippen molar-refractivity contribution >= 4 is 11.6 Å². The first kappa shape index (κ1) is 22.3. The molecule has 0 unspecified atom stereocenters. The Hall–Kier alpha value is -3.93. The first-order valence-electron chi connectivity index (χ1n) is 11.0. The lowest BCUT2D eigenvalue weighted by molar-refractivity contribution is 0.416. The minimum absolute atomic E-state index is 0.561. The van der Waals surface area contributed by atoms with Crippen LogP contribution in [-0.2, 0) is 6.42 Å². The number of anilines is 2. The van der Waals surface area contributed by atoms with E-state index in [1.54, 1.807) is 13.3 Å². The second-order valence-corrected chi connectivity index (χ2v) is 8.20. The molecular weight excluding hydrogens is 410 g/mol. The lowest BCUT2D eigenvalue weighted by Gasteiger charge is -2.13. The van der Waals surface area contributed by atoms with Crippen molar-refractivity contribution in [3.05, 3.63) is 84.0 Å². The Morgan fingerprint density at radius 1 is 1.03 bits per heavy atom. The minimum atomic E-state index is 0.561. The second-order valence-electron chi connectivity index (χ2n) is 8.20. The average Bonchev–Trinajstić information content (AvgIpc) is 3.25. The van der Waals surface area contributed by atoms with Crippen LogP contribution >= 0.6 is 0 Å². The molecule has 4 rings (SSSR count). The van der Waals surface area contributed by atoms with Crippen LogP contribution in [0.15, 0.2) is 72.6 Å². The predicted molar refractivity (Wildman–Crippen MR) is 134 cm³/mol. The molecule has 4 aromatic rings. The third kappa shape index (κ3) is 5.47. The summed E-state index contributed by atoms with van der Waals surface area (Å²) < 4.78 is 5.62. The molecule has 0 aliphatic rings. The van der Waals surface area contributed by atoms with Gasteiger partial charge in [-0.15, -0.1) is 0 Å². The van der Waals surface area contributed by atoms with Crippen LogP contribution in [0.5, 0.6) is 5.75 Å². The van der Waals surface area contributed by atoms with E-state index < -0.39 is 0 Å². The number of nitrogens with zero attached hydrogens (tertiary/aromatic N) is 3.